The number of halogens is 2. The summed E-state index contributed by atoms with van der Waals surface area (Å²) in [6.45, 7) is 4.49. The van der Waals surface area contributed by atoms with Gasteiger partial charge in [0.15, 0.2) is 0 Å². The number of aliphatic hydroxyl groups is 1. The Hall–Kier alpha value is -2.03. The summed E-state index contributed by atoms with van der Waals surface area (Å²) < 4.78 is 13.6. The molecule has 0 saturated heterocycles. The highest BCUT2D eigenvalue weighted by molar-refractivity contribution is 7.21. The summed E-state index contributed by atoms with van der Waals surface area (Å²) in [6, 6.07) is 7.93. The molecule has 3 N–H and O–H groups in total. The van der Waals surface area contributed by atoms with E-state index in [1.165, 1.54) is 0 Å². The molecular formula is C22H27ClFN5OS. The van der Waals surface area contributed by atoms with E-state index in [4.69, 9.17) is 21.6 Å². The van der Waals surface area contributed by atoms with E-state index in [1.807, 2.05) is 24.3 Å². The number of hydrogen-bond acceptors (Lipinski definition) is 7. The minimum absolute atomic E-state index is 0.170. The van der Waals surface area contributed by atoms with Crippen LogP contribution in [0.25, 0.3) is 20.8 Å². The Kier molecular flexibility index (Phi) is 6.60. The van der Waals surface area contributed by atoms with Crippen molar-refractivity contribution in [3.8, 4) is 10.6 Å². The molecule has 1 aliphatic rings. The Morgan fingerprint density at radius 2 is 2.10 bits per heavy atom. The van der Waals surface area contributed by atoms with Gasteiger partial charge in [0.1, 0.15) is 16.0 Å². The number of alkyl halides is 1. The van der Waals surface area contributed by atoms with Crippen LogP contribution in [0.2, 0.25) is 5.15 Å². The van der Waals surface area contributed by atoms with E-state index in [1.54, 1.807) is 11.3 Å². The van der Waals surface area contributed by atoms with Gasteiger partial charge in [0.05, 0.1) is 22.5 Å². The average molecular weight is 464 g/mol. The van der Waals surface area contributed by atoms with E-state index >= 15 is 0 Å². The van der Waals surface area contributed by atoms with Crippen molar-refractivity contribution in [1.29, 1.82) is 0 Å². The van der Waals surface area contributed by atoms with Crippen molar-refractivity contribution >= 4 is 44.9 Å². The van der Waals surface area contributed by atoms with Gasteiger partial charge in [-0.25, -0.2) is 9.97 Å². The maximum absolute atomic E-state index is 12.5. The van der Waals surface area contributed by atoms with Gasteiger partial charge in [0.2, 0.25) is 5.95 Å². The fourth-order valence-electron chi connectivity index (χ4n) is 4.22. The number of para-hydroxylation sites is 1. The van der Waals surface area contributed by atoms with Crippen LogP contribution in [0.5, 0.6) is 0 Å². The SMILES string of the molecule is CC1C(CO)CCC1(C)Nc1nc(NCCCF)nc(Cl)c1-c1nc2ccccc2s1. The van der Waals surface area contributed by atoms with Gasteiger partial charge >= 0.3 is 0 Å². The van der Waals surface area contributed by atoms with Crippen molar-refractivity contribution in [2.45, 2.75) is 38.6 Å². The highest BCUT2D eigenvalue weighted by atomic mass is 35.5. The third-order valence-corrected chi connectivity index (χ3v) is 7.68. The Balaban J connectivity index is 1.76. The molecule has 3 aromatic rings. The van der Waals surface area contributed by atoms with Gasteiger partial charge in [-0.3, -0.25) is 4.39 Å². The lowest BCUT2D eigenvalue weighted by Crippen LogP contribution is -2.40. The maximum Gasteiger partial charge on any atom is 0.226 e. The summed E-state index contributed by atoms with van der Waals surface area (Å²) in [5.41, 5.74) is 1.31. The topological polar surface area (TPSA) is 83.0 Å². The van der Waals surface area contributed by atoms with Crippen LogP contribution in [0.15, 0.2) is 24.3 Å². The molecule has 6 nitrogen and oxygen atoms in total. The van der Waals surface area contributed by atoms with Crippen molar-refractivity contribution in [3.05, 3.63) is 29.4 Å². The van der Waals surface area contributed by atoms with Gasteiger partial charge < -0.3 is 15.7 Å². The molecule has 3 atom stereocenters. The standard InChI is InChI=1S/C22H27ClFN5OS/c1-13-14(12-30)8-9-22(13,2)29-19-17(18(23)27-21(28-19)25-11-5-10-24)20-26-15-6-3-4-7-16(15)31-20/h3-4,6-7,13-14,30H,5,8-12H2,1-2H3,(H2,25,27,28,29). The van der Waals surface area contributed by atoms with Gasteiger partial charge in [-0.1, -0.05) is 30.7 Å². The van der Waals surface area contributed by atoms with Gasteiger partial charge in [-0.05, 0) is 50.2 Å². The minimum atomic E-state index is -0.409. The maximum atomic E-state index is 12.5. The summed E-state index contributed by atoms with van der Waals surface area (Å²) >= 11 is 8.20. The third kappa shape index (κ3) is 4.47. The zero-order valence-corrected chi connectivity index (χ0v) is 19.2. The molecule has 9 heteroatoms. The second kappa shape index (κ2) is 9.22. The minimum Gasteiger partial charge on any atom is -0.396 e. The van der Waals surface area contributed by atoms with Crippen molar-refractivity contribution < 1.29 is 9.50 Å². The summed E-state index contributed by atoms with van der Waals surface area (Å²) in [7, 11) is 0. The Labute approximate surface area is 190 Å². The molecule has 166 valence electrons. The second-order valence-corrected chi connectivity index (χ2v) is 9.72. The summed E-state index contributed by atoms with van der Waals surface area (Å²) in [5.74, 6) is 1.45. The zero-order chi connectivity index (χ0) is 22.0. The van der Waals surface area contributed by atoms with Crippen LogP contribution in [-0.4, -0.2) is 45.4 Å². The van der Waals surface area contributed by atoms with E-state index in [0.717, 1.165) is 28.1 Å². The number of fused-ring (bicyclic) bond motifs is 1. The summed E-state index contributed by atoms with van der Waals surface area (Å²) in [6.07, 6.45) is 2.22. The largest absolute Gasteiger partial charge is 0.396 e. The number of benzene rings is 1. The first-order valence-electron chi connectivity index (χ1n) is 10.6. The number of anilines is 2. The highest BCUT2D eigenvalue weighted by Crippen LogP contribution is 2.45. The van der Waals surface area contributed by atoms with E-state index in [2.05, 4.69) is 29.5 Å². The first-order chi connectivity index (χ1) is 14.9. The van der Waals surface area contributed by atoms with Crippen LogP contribution < -0.4 is 10.6 Å². The van der Waals surface area contributed by atoms with Crippen molar-refractivity contribution in [3.63, 3.8) is 0 Å². The Bertz CT molecular complexity index is 1030. The van der Waals surface area contributed by atoms with Gasteiger partial charge in [0.25, 0.3) is 0 Å². The average Bonchev–Trinajstić information content (AvgIpc) is 3.29. The predicted octanol–water partition coefficient (Wildman–Crippen LogP) is 5.39. The molecule has 0 spiro atoms. The fourth-order valence-corrected chi connectivity index (χ4v) is 5.55. The van der Waals surface area contributed by atoms with E-state index in [0.29, 0.717) is 35.4 Å². The first kappa shape index (κ1) is 22.2. The molecule has 1 aromatic carbocycles. The third-order valence-electron chi connectivity index (χ3n) is 6.35. The number of hydrogen-bond donors (Lipinski definition) is 3. The number of rotatable bonds is 8. The smallest absolute Gasteiger partial charge is 0.226 e. The van der Waals surface area contributed by atoms with Crippen LogP contribution in [0, 0.1) is 11.8 Å². The number of thiazole rings is 1. The van der Waals surface area contributed by atoms with Crippen LogP contribution in [0.1, 0.15) is 33.1 Å². The molecule has 2 aromatic heterocycles. The molecule has 1 fully saturated rings. The predicted molar refractivity (Wildman–Crippen MR) is 126 cm³/mol. The lowest BCUT2D eigenvalue weighted by Gasteiger charge is -2.33. The van der Waals surface area contributed by atoms with Gasteiger partial charge in [0, 0.05) is 18.7 Å². The second-order valence-electron chi connectivity index (χ2n) is 8.33. The normalized spacial score (nSPS) is 23.4. The van der Waals surface area contributed by atoms with Crippen molar-refractivity contribution in [1.82, 2.24) is 15.0 Å². The van der Waals surface area contributed by atoms with Crippen molar-refractivity contribution in [2.75, 3.05) is 30.5 Å². The summed E-state index contributed by atoms with van der Waals surface area (Å²) in [4.78, 5) is 13.9. The van der Waals surface area contributed by atoms with Gasteiger partial charge in [-0.15, -0.1) is 11.3 Å². The van der Waals surface area contributed by atoms with Crippen LogP contribution >= 0.6 is 22.9 Å². The first-order valence-corrected chi connectivity index (χ1v) is 11.8. The van der Waals surface area contributed by atoms with Crippen LogP contribution in [0.3, 0.4) is 0 Å². The zero-order valence-electron chi connectivity index (χ0n) is 17.7. The van der Waals surface area contributed by atoms with E-state index < -0.39 is 6.67 Å². The molecule has 0 amide bonds. The number of aromatic nitrogens is 3. The lowest BCUT2D eigenvalue weighted by molar-refractivity contribution is 0.187. The molecular weight excluding hydrogens is 437 g/mol. The molecule has 2 heterocycles. The Morgan fingerprint density at radius 3 is 2.81 bits per heavy atom. The van der Waals surface area contributed by atoms with Crippen LogP contribution in [-0.2, 0) is 0 Å². The fraction of sp³-hybridized carbons (Fsp3) is 0.500. The number of nitrogens with zero attached hydrogens (tertiary/aromatic N) is 3. The molecule has 3 unspecified atom stereocenters. The van der Waals surface area contributed by atoms with Gasteiger partial charge in [-0.2, -0.15) is 4.98 Å². The van der Waals surface area contributed by atoms with E-state index in [-0.39, 0.29) is 24.0 Å². The molecule has 1 saturated carbocycles. The quantitative estimate of drug-likeness (QED) is 0.307. The monoisotopic (exact) mass is 463 g/mol. The molecule has 0 aliphatic heterocycles. The van der Waals surface area contributed by atoms with E-state index in [9.17, 15) is 9.50 Å². The van der Waals surface area contributed by atoms with Crippen LogP contribution in [0.4, 0.5) is 16.2 Å². The summed E-state index contributed by atoms with van der Waals surface area (Å²) in [5, 5.41) is 17.5. The highest BCUT2D eigenvalue weighted by Gasteiger charge is 2.43. The molecule has 31 heavy (non-hydrogen) atoms. The number of nitrogens with one attached hydrogen (secondary N) is 2. The lowest BCUT2D eigenvalue weighted by atomic mass is 9.86. The molecule has 0 radical (unpaired) electrons. The molecule has 1 aliphatic carbocycles. The molecule has 4 rings (SSSR count). The number of aliphatic hydroxyl groups excluding tert-OH is 1. The Morgan fingerprint density at radius 1 is 1.29 bits per heavy atom. The molecule has 0 bridgehead atoms. The van der Waals surface area contributed by atoms with Crippen molar-refractivity contribution in [2.24, 2.45) is 11.8 Å².